The summed E-state index contributed by atoms with van der Waals surface area (Å²) in [7, 11) is 0. The Balaban J connectivity index is 1.02. The van der Waals surface area contributed by atoms with Crippen LogP contribution in [0.15, 0.2) is 188 Å². The van der Waals surface area contributed by atoms with E-state index in [-0.39, 0.29) is 0 Å². The lowest BCUT2D eigenvalue weighted by Gasteiger charge is -2.11. The molecule has 4 aromatic heterocycles. The van der Waals surface area contributed by atoms with Crippen LogP contribution in [-0.4, -0.2) is 24.3 Å². The average Bonchev–Trinajstić information content (AvgIpc) is 3.86. The van der Waals surface area contributed by atoms with Gasteiger partial charge in [0.2, 0.25) is 0 Å². The van der Waals surface area contributed by atoms with Crippen molar-refractivity contribution in [1.82, 2.24) is 24.3 Å². The Labute approximate surface area is 347 Å². The summed E-state index contributed by atoms with van der Waals surface area (Å²) < 4.78 is 4.81. The van der Waals surface area contributed by atoms with E-state index in [0.29, 0.717) is 17.5 Å². The van der Waals surface area contributed by atoms with Crippen LogP contribution in [0.2, 0.25) is 0 Å². The minimum Gasteiger partial charge on any atom is -0.291 e. The zero-order valence-corrected chi connectivity index (χ0v) is 32.9. The second-order valence-corrected chi connectivity index (χ2v) is 16.6. The third-order valence-corrected chi connectivity index (χ3v) is 13.1. The Morgan fingerprint density at radius 2 is 0.883 bits per heavy atom. The van der Waals surface area contributed by atoms with Crippen LogP contribution >= 0.6 is 11.3 Å². The lowest BCUT2D eigenvalue weighted by atomic mass is 10.0. The number of rotatable bonds is 4. The maximum atomic E-state index is 5.43. The second kappa shape index (κ2) is 12.9. The number of imidazole rings is 1. The summed E-state index contributed by atoms with van der Waals surface area (Å²) in [6.45, 7) is 0. The molecular weight excluding hydrogens is 751 g/mol. The first-order valence-corrected chi connectivity index (χ1v) is 20.9. The van der Waals surface area contributed by atoms with Gasteiger partial charge in [0.1, 0.15) is 0 Å². The normalized spacial score (nSPS) is 12.0. The highest BCUT2D eigenvalue weighted by molar-refractivity contribution is 7.26. The van der Waals surface area contributed by atoms with E-state index in [2.05, 4.69) is 162 Å². The molecule has 5 nitrogen and oxygen atoms in total. The Morgan fingerprint density at radius 3 is 1.58 bits per heavy atom. The summed E-state index contributed by atoms with van der Waals surface area (Å²) in [6.07, 6.45) is 0. The number of benzene rings is 9. The molecule has 0 amide bonds. The molecule has 13 rings (SSSR count). The fourth-order valence-electron chi connectivity index (χ4n) is 8.90. The van der Waals surface area contributed by atoms with Crippen LogP contribution in [0, 0.1) is 0 Å². The Morgan fingerprint density at radius 1 is 0.350 bits per heavy atom. The Kier molecular flexibility index (Phi) is 7.11. The molecule has 0 radical (unpaired) electrons. The number of hydrogen-bond donors (Lipinski definition) is 0. The highest BCUT2D eigenvalue weighted by atomic mass is 32.1. The van der Waals surface area contributed by atoms with Gasteiger partial charge >= 0.3 is 0 Å². The third kappa shape index (κ3) is 5.25. The molecule has 0 atom stereocenters. The van der Waals surface area contributed by atoms with Crippen LogP contribution in [0.4, 0.5) is 0 Å². The van der Waals surface area contributed by atoms with E-state index < -0.39 is 0 Å². The molecule has 0 aliphatic heterocycles. The van der Waals surface area contributed by atoms with Gasteiger partial charge in [-0.25, -0.2) is 19.9 Å². The molecule has 13 aromatic rings. The van der Waals surface area contributed by atoms with E-state index in [1.807, 2.05) is 41.7 Å². The van der Waals surface area contributed by atoms with E-state index in [1.165, 1.54) is 57.9 Å². The number of fused-ring (bicyclic) bond motifs is 11. The molecule has 0 unspecified atom stereocenters. The van der Waals surface area contributed by atoms with Crippen molar-refractivity contribution in [3.05, 3.63) is 188 Å². The summed E-state index contributed by atoms with van der Waals surface area (Å²) >= 11 is 1.82. The van der Waals surface area contributed by atoms with E-state index in [0.717, 1.165) is 50.0 Å². The Bertz CT molecular complexity index is 3870. The third-order valence-electron chi connectivity index (χ3n) is 11.9. The lowest BCUT2D eigenvalue weighted by molar-refractivity contribution is 1.07. The summed E-state index contributed by atoms with van der Waals surface area (Å²) in [5.41, 5.74) is 8.00. The average molecular weight is 782 g/mol. The van der Waals surface area contributed by atoms with Crippen molar-refractivity contribution in [2.75, 3.05) is 0 Å². The molecule has 9 aromatic carbocycles. The molecule has 0 saturated carbocycles. The van der Waals surface area contributed by atoms with Gasteiger partial charge in [-0.2, -0.15) is 0 Å². The molecule has 0 N–H and O–H groups in total. The number of thiophene rings is 1. The predicted molar refractivity (Wildman–Crippen MR) is 251 cm³/mol. The fourth-order valence-corrected chi connectivity index (χ4v) is 10.1. The summed E-state index contributed by atoms with van der Waals surface area (Å²) in [4.78, 5) is 20.6. The molecule has 0 fully saturated rings. The van der Waals surface area contributed by atoms with Crippen molar-refractivity contribution in [2.24, 2.45) is 0 Å². The first-order chi connectivity index (χ1) is 29.7. The first kappa shape index (κ1) is 33.2. The molecule has 0 aliphatic carbocycles. The lowest BCUT2D eigenvalue weighted by Crippen LogP contribution is -2.00. The van der Waals surface area contributed by atoms with E-state index >= 15 is 0 Å². The van der Waals surface area contributed by atoms with Crippen LogP contribution in [-0.2, 0) is 0 Å². The molecule has 4 heterocycles. The summed E-state index contributed by atoms with van der Waals surface area (Å²) in [6, 6.07) is 66.9. The van der Waals surface area contributed by atoms with Gasteiger partial charge in [-0.15, -0.1) is 11.3 Å². The van der Waals surface area contributed by atoms with Gasteiger partial charge in [0.15, 0.2) is 23.1 Å². The Hall–Kier alpha value is -7.80. The fraction of sp³-hybridized carbons (Fsp3) is 0. The first-order valence-electron chi connectivity index (χ1n) is 20.1. The largest absolute Gasteiger partial charge is 0.291 e. The van der Waals surface area contributed by atoms with Crippen molar-refractivity contribution >= 4 is 91.3 Å². The van der Waals surface area contributed by atoms with Crippen LogP contribution in [0.1, 0.15) is 0 Å². The van der Waals surface area contributed by atoms with Crippen LogP contribution < -0.4 is 0 Å². The van der Waals surface area contributed by atoms with Crippen molar-refractivity contribution in [3.63, 3.8) is 0 Å². The molecule has 0 spiro atoms. The molecule has 6 heteroatoms. The number of nitrogens with zero attached hydrogens (tertiary/aromatic N) is 5. The number of hydrogen-bond acceptors (Lipinski definition) is 5. The maximum Gasteiger partial charge on any atom is 0.164 e. The molecule has 0 bridgehead atoms. The van der Waals surface area contributed by atoms with Crippen molar-refractivity contribution < 1.29 is 0 Å². The quantitative estimate of drug-likeness (QED) is 0.167. The minimum absolute atomic E-state index is 0.627. The molecule has 0 aliphatic rings. The summed E-state index contributed by atoms with van der Waals surface area (Å²) in [5.74, 6) is 1.91. The SMILES string of the molecule is c1ccc(-c2nc(-c3ccc(-c4cc5c6cc7ccccc7cc6sc5c5nc6cc7cc8ccccc8cc7cc6n45)cc3)nc(-c3ccc4ccccc4c3)n2)cc1. The van der Waals surface area contributed by atoms with Gasteiger partial charge in [0.05, 0.1) is 21.4 Å². The second-order valence-electron chi connectivity index (χ2n) is 15.5. The van der Waals surface area contributed by atoms with Gasteiger partial charge in [-0.1, -0.05) is 140 Å². The van der Waals surface area contributed by atoms with Gasteiger partial charge in [0.25, 0.3) is 0 Å². The van der Waals surface area contributed by atoms with Gasteiger partial charge in [0, 0.05) is 32.2 Å². The monoisotopic (exact) mass is 781 g/mol. The highest BCUT2D eigenvalue weighted by Gasteiger charge is 2.20. The van der Waals surface area contributed by atoms with Gasteiger partial charge in [-0.3, -0.25) is 4.40 Å². The van der Waals surface area contributed by atoms with Crippen LogP contribution in [0.5, 0.6) is 0 Å². The van der Waals surface area contributed by atoms with E-state index in [9.17, 15) is 0 Å². The van der Waals surface area contributed by atoms with Gasteiger partial charge < -0.3 is 0 Å². The van der Waals surface area contributed by atoms with Crippen molar-refractivity contribution in [3.8, 4) is 45.4 Å². The number of aromatic nitrogens is 5. The van der Waals surface area contributed by atoms with Gasteiger partial charge in [-0.05, 0) is 97.2 Å². The van der Waals surface area contributed by atoms with E-state index in [1.54, 1.807) is 0 Å². The molecule has 0 saturated heterocycles. The maximum absolute atomic E-state index is 5.43. The molecule has 60 heavy (non-hydrogen) atoms. The molecule has 278 valence electrons. The minimum atomic E-state index is 0.627. The smallest absolute Gasteiger partial charge is 0.164 e. The zero-order chi connectivity index (χ0) is 39.3. The van der Waals surface area contributed by atoms with Crippen molar-refractivity contribution in [1.29, 1.82) is 0 Å². The number of pyridine rings is 1. The molecular formula is C54H31N5S. The van der Waals surface area contributed by atoms with Crippen LogP contribution in [0.3, 0.4) is 0 Å². The standard InChI is InChI=1S/C54H31N5S/c1-2-11-34(12-3-1)51-56-52(58-53(57-51)41-23-18-32-10-4-5-13-36(32)24-41)35-21-19-33(20-22-35)47-31-45-44-27-39-16-8-9-17-40(39)30-49(44)60-50(45)54-55-46-28-42-25-37-14-6-7-15-38(37)26-43(42)29-48(46)59(47)54/h1-31H. The van der Waals surface area contributed by atoms with Crippen LogP contribution in [0.25, 0.3) is 125 Å². The van der Waals surface area contributed by atoms with E-state index in [4.69, 9.17) is 19.9 Å². The zero-order valence-electron chi connectivity index (χ0n) is 32.0. The highest BCUT2D eigenvalue weighted by Crippen LogP contribution is 2.43. The predicted octanol–water partition coefficient (Wildman–Crippen LogP) is 14.3. The topological polar surface area (TPSA) is 56.0 Å². The van der Waals surface area contributed by atoms with Crippen molar-refractivity contribution in [2.45, 2.75) is 0 Å². The summed E-state index contributed by atoms with van der Waals surface area (Å²) in [5, 5.41) is 12.1.